The predicted octanol–water partition coefficient (Wildman–Crippen LogP) is 3.62. The summed E-state index contributed by atoms with van der Waals surface area (Å²) in [5, 5.41) is 12.0. The number of nitrogens with one attached hydrogen (secondary N) is 1. The third-order valence-corrected chi connectivity index (χ3v) is 7.36. The number of hydrogen-bond acceptors (Lipinski definition) is 5. The van der Waals surface area contributed by atoms with E-state index in [2.05, 4.69) is 20.5 Å². The number of rotatable bonds is 6. The van der Waals surface area contributed by atoms with Gasteiger partial charge in [0, 0.05) is 36.7 Å². The van der Waals surface area contributed by atoms with Crippen molar-refractivity contribution in [2.75, 3.05) is 6.54 Å². The van der Waals surface area contributed by atoms with E-state index in [1.165, 1.54) is 0 Å². The van der Waals surface area contributed by atoms with Crippen molar-refractivity contribution in [1.29, 1.82) is 0 Å². The summed E-state index contributed by atoms with van der Waals surface area (Å²) in [4.78, 5) is 33.2. The number of benzene rings is 1. The highest BCUT2D eigenvalue weighted by Gasteiger charge is 2.34. The molecule has 184 valence electrons. The van der Waals surface area contributed by atoms with Crippen LogP contribution in [0.4, 0.5) is 0 Å². The Morgan fingerprint density at radius 1 is 0.944 bits per heavy atom. The molecular formula is C27H29N7O2. The van der Waals surface area contributed by atoms with Crippen LogP contribution in [0.1, 0.15) is 76.5 Å². The third-order valence-electron chi connectivity index (χ3n) is 7.36. The maximum absolute atomic E-state index is 13.8. The lowest BCUT2D eigenvalue weighted by Gasteiger charge is -2.26. The molecule has 1 N–H and O–H groups in total. The van der Waals surface area contributed by atoms with E-state index in [0.29, 0.717) is 29.9 Å². The third kappa shape index (κ3) is 4.14. The van der Waals surface area contributed by atoms with E-state index in [0.717, 1.165) is 49.8 Å². The number of hydrogen-bond donors (Lipinski definition) is 1. The predicted molar refractivity (Wildman–Crippen MR) is 133 cm³/mol. The molecule has 1 aliphatic carbocycles. The first kappa shape index (κ1) is 22.5. The highest BCUT2D eigenvalue weighted by atomic mass is 16.2. The van der Waals surface area contributed by atoms with Crippen LogP contribution in [0.3, 0.4) is 0 Å². The molecule has 2 fully saturated rings. The van der Waals surface area contributed by atoms with Crippen LogP contribution in [0, 0.1) is 0 Å². The van der Waals surface area contributed by atoms with Crippen LogP contribution in [0.25, 0.3) is 5.65 Å². The van der Waals surface area contributed by atoms with Crippen LogP contribution < -0.4 is 5.32 Å². The molecule has 1 aromatic carbocycles. The fourth-order valence-electron chi connectivity index (χ4n) is 5.56. The average molecular weight is 484 g/mol. The fourth-order valence-corrected chi connectivity index (χ4v) is 5.56. The maximum Gasteiger partial charge on any atom is 0.256 e. The van der Waals surface area contributed by atoms with Gasteiger partial charge < -0.3 is 10.2 Å². The minimum atomic E-state index is -0.147. The summed E-state index contributed by atoms with van der Waals surface area (Å²) in [6.45, 7) is 1.20. The molecule has 1 saturated carbocycles. The average Bonchev–Trinajstić information content (AvgIpc) is 3.71. The Morgan fingerprint density at radius 2 is 1.81 bits per heavy atom. The number of nitrogens with zero attached hydrogens (tertiary/aromatic N) is 6. The summed E-state index contributed by atoms with van der Waals surface area (Å²) < 4.78 is 3.55. The lowest BCUT2D eigenvalue weighted by molar-refractivity contribution is 0.0729. The number of fused-ring (bicyclic) bond motifs is 1. The number of carbonyl (C=O) groups excluding carboxylic acids is 2. The molecular weight excluding hydrogens is 454 g/mol. The zero-order valence-electron chi connectivity index (χ0n) is 20.1. The maximum atomic E-state index is 13.8. The zero-order chi connectivity index (χ0) is 24.5. The van der Waals surface area contributed by atoms with Crippen molar-refractivity contribution in [3.8, 4) is 0 Å². The van der Waals surface area contributed by atoms with Gasteiger partial charge in [-0.3, -0.25) is 14.3 Å². The minimum absolute atomic E-state index is 0.00317. The SMILES string of the molecule is O=C(NC1CCCC1)c1cnn2c([C@H]3CCCN3C(=O)c3ccccc3Cn3cccn3)ccnc12. The van der Waals surface area contributed by atoms with E-state index in [4.69, 9.17) is 0 Å². The molecule has 4 aromatic rings. The first-order chi connectivity index (χ1) is 17.7. The summed E-state index contributed by atoms with van der Waals surface area (Å²) in [6.07, 6.45) is 13.0. The summed E-state index contributed by atoms with van der Waals surface area (Å²) in [6, 6.07) is 11.6. The summed E-state index contributed by atoms with van der Waals surface area (Å²) in [5.41, 5.74) is 3.49. The van der Waals surface area contributed by atoms with Crippen molar-refractivity contribution in [3.05, 3.63) is 83.6 Å². The van der Waals surface area contributed by atoms with E-state index >= 15 is 0 Å². The van der Waals surface area contributed by atoms with E-state index < -0.39 is 0 Å². The highest BCUT2D eigenvalue weighted by Crippen LogP contribution is 2.34. The van der Waals surface area contributed by atoms with Gasteiger partial charge >= 0.3 is 0 Å². The van der Waals surface area contributed by atoms with Crippen molar-refractivity contribution in [2.24, 2.45) is 0 Å². The molecule has 0 unspecified atom stereocenters. The Morgan fingerprint density at radius 3 is 2.64 bits per heavy atom. The number of amides is 2. The molecule has 0 spiro atoms. The molecule has 9 nitrogen and oxygen atoms in total. The van der Waals surface area contributed by atoms with Crippen LogP contribution in [0.15, 0.2) is 61.2 Å². The quantitative estimate of drug-likeness (QED) is 0.452. The van der Waals surface area contributed by atoms with E-state index in [-0.39, 0.29) is 23.9 Å². The van der Waals surface area contributed by atoms with Gasteiger partial charge in [0.15, 0.2) is 5.65 Å². The van der Waals surface area contributed by atoms with Gasteiger partial charge in [-0.25, -0.2) is 9.50 Å². The standard InChI is InChI=1S/C27H29N7O2/c35-26(31-20-8-2-3-9-20)22-17-30-34-24(12-14-28-25(22)34)23-11-5-16-33(23)27(36)21-10-4-1-7-19(21)18-32-15-6-13-29-32/h1,4,6-7,10,12-15,17,20,23H,2-3,5,8-9,11,16,18H2,(H,31,35)/t23-/m1/s1. The monoisotopic (exact) mass is 483 g/mol. The highest BCUT2D eigenvalue weighted by molar-refractivity contribution is 6.00. The molecule has 1 saturated heterocycles. The van der Waals surface area contributed by atoms with Gasteiger partial charge in [-0.1, -0.05) is 31.0 Å². The van der Waals surface area contributed by atoms with Gasteiger partial charge in [0.2, 0.25) is 0 Å². The van der Waals surface area contributed by atoms with Crippen LogP contribution in [0.2, 0.25) is 0 Å². The summed E-state index contributed by atoms with van der Waals surface area (Å²) in [7, 11) is 0. The first-order valence-electron chi connectivity index (χ1n) is 12.7. The molecule has 2 amide bonds. The van der Waals surface area contributed by atoms with Crippen molar-refractivity contribution < 1.29 is 9.59 Å². The van der Waals surface area contributed by atoms with Gasteiger partial charge in [-0.15, -0.1) is 0 Å². The van der Waals surface area contributed by atoms with E-state index in [1.54, 1.807) is 23.1 Å². The Labute approximate surface area is 209 Å². The fraction of sp³-hybridized carbons (Fsp3) is 0.370. The molecule has 1 atom stereocenters. The van der Waals surface area contributed by atoms with Gasteiger partial charge in [-0.05, 0) is 49.4 Å². The van der Waals surface area contributed by atoms with Gasteiger partial charge in [-0.2, -0.15) is 10.2 Å². The van der Waals surface area contributed by atoms with E-state index in [1.807, 2.05) is 52.2 Å². The lowest BCUT2D eigenvalue weighted by Crippen LogP contribution is -2.33. The Hall–Kier alpha value is -4.01. The van der Waals surface area contributed by atoms with Crippen molar-refractivity contribution in [3.63, 3.8) is 0 Å². The normalized spacial score (nSPS) is 18.2. The molecule has 0 bridgehead atoms. The Balaban J connectivity index is 1.29. The van der Waals surface area contributed by atoms with Crippen LogP contribution in [0.5, 0.6) is 0 Å². The molecule has 3 aromatic heterocycles. The second kappa shape index (κ2) is 9.56. The van der Waals surface area contributed by atoms with Crippen LogP contribution in [-0.2, 0) is 6.54 Å². The molecule has 0 radical (unpaired) electrons. The molecule has 1 aliphatic heterocycles. The number of carbonyl (C=O) groups is 2. The lowest BCUT2D eigenvalue weighted by atomic mass is 10.0. The molecule has 6 rings (SSSR count). The molecule has 9 heteroatoms. The summed E-state index contributed by atoms with van der Waals surface area (Å²) >= 11 is 0. The Kier molecular flexibility index (Phi) is 5.96. The van der Waals surface area contributed by atoms with Gasteiger partial charge in [0.25, 0.3) is 11.8 Å². The smallest absolute Gasteiger partial charge is 0.256 e. The number of aromatic nitrogens is 5. The molecule has 4 heterocycles. The van der Waals surface area contributed by atoms with Crippen molar-refractivity contribution in [2.45, 2.75) is 57.2 Å². The minimum Gasteiger partial charge on any atom is -0.349 e. The topological polar surface area (TPSA) is 97.4 Å². The van der Waals surface area contributed by atoms with Gasteiger partial charge in [0.05, 0.1) is 24.5 Å². The van der Waals surface area contributed by atoms with Crippen LogP contribution in [-0.4, -0.2) is 53.7 Å². The Bertz CT molecular complexity index is 1390. The van der Waals surface area contributed by atoms with Gasteiger partial charge in [0.1, 0.15) is 5.56 Å². The van der Waals surface area contributed by atoms with Crippen molar-refractivity contribution >= 4 is 17.5 Å². The van der Waals surface area contributed by atoms with Crippen LogP contribution >= 0.6 is 0 Å². The number of likely N-dealkylation sites (tertiary alicyclic amines) is 1. The first-order valence-corrected chi connectivity index (χ1v) is 12.7. The summed E-state index contributed by atoms with van der Waals surface area (Å²) in [5.74, 6) is -0.134. The van der Waals surface area contributed by atoms with E-state index in [9.17, 15) is 9.59 Å². The largest absolute Gasteiger partial charge is 0.349 e. The zero-order valence-corrected chi connectivity index (χ0v) is 20.1. The molecule has 36 heavy (non-hydrogen) atoms. The second-order valence-corrected chi connectivity index (χ2v) is 9.64. The second-order valence-electron chi connectivity index (χ2n) is 9.64. The molecule has 2 aliphatic rings. The van der Waals surface area contributed by atoms with Crippen molar-refractivity contribution in [1.82, 2.24) is 34.6 Å².